The van der Waals surface area contributed by atoms with Gasteiger partial charge in [0, 0.05) is 38.8 Å². The minimum Gasteiger partial charge on any atom is -0.453 e. The number of unbranched alkanes of at least 4 members (excludes halogenated alkanes) is 2. The number of nitrogens with one attached hydrogen (secondary N) is 1. The van der Waals surface area contributed by atoms with Crippen LogP contribution in [-0.2, 0) is 4.74 Å². The van der Waals surface area contributed by atoms with Crippen LogP contribution in [0.4, 0.5) is 4.79 Å². The fraction of sp³-hybridized carbons (Fsp3) is 0.526. The van der Waals surface area contributed by atoms with E-state index >= 15 is 0 Å². The summed E-state index contributed by atoms with van der Waals surface area (Å²) in [5.74, 6) is 0.415. The molecule has 3 rings (SSSR count). The van der Waals surface area contributed by atoms with Crippen molar-refractivity contribution in [2.24, 2.45) is 0 Å². The number of amides is 2. The zero-order valence-corrected chi connectivity index (χ0v) is 16.9. The molecule has 1 aliphatic rings. The Labute approximate surface area is 168 Å². The summed E-state index contributed by atoms with van der Waals surface area (Å²) in [5.41, 5.74) is 0.312. The summed E-state index contributed by atoms with van der Waals surface area (Å²) >= 11 is 1.55. The molecule has 1 N–H and O–H groups in total. The van der Waals surface area contributed by atoms with Crippen LogP contribution in [0.2, 0.25) is 0 Å². The van der Waals surface area contributed by atoms with E-state index in [2.05, 4.69) is 15.4 Å². The molecule has 152 valence electrons. The van der Waals surface area contributed by atoms with E-state index in [0.29, 0.717) is 31.1 Å². The van der Waals surface area contributed by atoms with E-state index < -0.39 is 0 Å². The van der Waals surface area contributed by atoms with Crippen LogP contribution in [0.3, 0.4) is 0 Å². The number of rotatable bonds is 8. The Hall–Kier alpha value is -2.39. The second-order valence-corrected chi connectivity index (χ2v) is 7.62. The van der Waals surface area contributed by atoms with Gasteiger partial charge in [0.1, 0.15) is 0 Å². The van der Waals surface area contributed by atoms with Gasteiger partial charge in [-0.05, 0) is 30.8 Å². The van der Waals surface area contributed by atoms with Crippen LogP contribution in [0.1, 0.15) is 29.8 Å². The molecule has 2 amide bonds. The highest BCUT2D eigenvalue weighted by Crippen LogP contribution is 2.25. The van der Waals surface area contributed by atoms with Crippen LogP contribution < -0.4 is 5.32 Å². The number of thiophene rings is 1. The van der Waals surface area contributed by atoms with Gasteiger partial charge in [-0.25, -0.2) is 4.79 Å². The van der Waals surface area contributed by atoms with E-state index in [0.717, 1.165) is 43.8 Å². The van der Waals surface area contributed by atoms with Crippen LogP contribution in [0.25, 0.3) is 10.6 Å². The molecule has 2 aromatic heterocycles. The maximum absolute atomic E-state index is 12.1. The number of methoxy groups -OCH3 is 1. The SMILES string of the molecule is COC(=O)N1CCN(CCCCCNC(=O)c2cc(-c3cccs3)on2)CC1. The summed E-state index contributed by atoms with van der Waals surface area (Å²) in [7, 11) is 1.42. The van der Waals surface area contributed by atoms with Crippen molar-refractivity contribution in [2.75, 3.05) is 46.4 Å². The Morgan fingerprint density at radius 2 is 2.07 bits per heavy atom. The summed E-state index contributed by atoms with van der Waals surface area (Å²) in [5, 5.41) is 8.70. The van der Waals surface area contributed by atoms with E-state index in [9.17, 15) is 9.59 Å². The molecule has 1 fully saturated rings. The number of nitrogens with zero attached hydrogens (tertiary/aromatic N) is 3. The number of carbonyl (C=O) groups excluding carboxylic acids is 2. The minimum atomic E-state index is -0.245. The zero-order valence-electron chi connectivity index (χ0n) is 16.1. The third kappa shape index (κ3) is 5.56. The third-order valence-electron chi connectivity index (χ3n) is 4.75. The van der Waals surface area contributed by atoms with Crippen molar-refractivity contribution in [3.8, 4) is 10.6 Å². The van der Waals surface area contributed by atoms with Gasteiger partial charge in [-0.3, -0.25) is 9.69 Å². The summed E-state index contributed by atoms with van der Waals surface area (Å²) in [6.45, 7) is 4.82. The lowest BCUT2D eigenvalue weighted by atomic mass is 10.2. The quantitative estimate of drug-likeness (QED) is 0.678. The van der Waals surface area contributed by atoms with E-state index in [4.69, 9.17) is 9.26 Å². The summed E-state index contributed by atoms with van der Waals surface area (Å²) in [4.78, 5) is 28.7. The van der Waals surface area contributed by atoms with E-state index in [1.165, 1.54) is 7.11 Å². The van der Waals surface area contributed by atoms with Gasteiger partial charge in [0.25, 0.3) is 5.91 Å². The van der Waals surface area contributed by atoms with Crippen LogP contribution in [0.5, 0.6) is 0 Å². The summed E-state index contributed by atoms with van der Waals surface area (Å²) in [6.07, 6.45) is 2.78. The average Bonchev–Trinajstić information content (AvgIpc) is 3.42. The van der Waals surface area contributed by atoms with Crippen molar-refractivity contribution in [1.82, 2.24) is 20.3 Å². The third-order valence-corrected chi connectivity index (χ3v) is 5.63. The monoisotopic (exact) mass is 406 g/mol. The molecule has 9 heteroatoms. The molecule has 0 unspecified atom stereocenters. The van der Waals surface area contributed by atoms with E-state index in [1.54, 1.807) is 22.3 Å². The molecule has 0 atom stereocenters. The van der Waals surface area contributed by atoms with Gasteiger partial charge in [-0.15, -0.1) is 11.3 Å². The van der Waals surface area contributed by atoms with Crippen molar-refractivity contribution in [1.29, 1.82) is 0 Å². The molecule has 0 radical (unpaired) electrons. The predicted molar refractivity (Wildman–Crippen MR) is 106 cm³/mol. The Kier molecular flexibility index (Phi) is 7.44. The van der Waals surface area contributed by atoms with Gasteiger partial charge in [0.15, 0.2) is 11.5 Å². The number of piperazine rings is 1. The molecule has 3 heterocycles. The first-order chi connectivity index (χ1) is 13.7. The second-order valence-electron chi connectivity index (χ2n) is 6.67. The maximum atomic E-state index is 12.1. The largest absolute Gasteiger partial charge is 0.453 e. The number of carbonyl (C=O) groups is 2. The van der Waals surface area contributed by atoms with Gasteiger partial charge in [-0.1, -0.05) is 17.6 Å². The molecule has 2 aromatic rings. The van der Waals surface area contributed by atoms with Crippen LogP contribution in [-0.4, -0.2) is 73.3 Å². The Balaban J connectivity index is 1.26. The average molecular weight is 407 g/mol. The molecule has 1 aliphatic heterocycles. The standard InChI is InChI=1S/C19H26N4O4S/c1-26-19(25)23-11-9-22(10-12-23)8-4-2-3-7-20-18(24)15-14-16(27-21-15)17-6-5-13-28-17/h5-6,13-14H,2-4,7-12H2,1H3,(H,20,24). The normalized spacial score (nSPS) is 14.8. The van der Waals surface area contributed by atoms with Gasteiger partial charge < -0.3 is 19.5 Å². The molecule has 0 aromatic carbocycles. The fourth-order valence-corrected chi connectivity index (χ4v) is 3.80. The molecular weight excluding hydrogens is 380 g/mol. The van der Waals surface area contributed by atoms with Gasteiger partial charge in [0.05, 0.1) is 12.0 Å². The number of aromatic nitrogens is 1. The number of hydrogen-bond donors (Lipinski definition) is 1. The zero-order chi connectivity index (χ0) is 19.8. The Bertz CT molecular complexity index is 754. The lowest BCUT2D eigenvalue weighted by Crippen LogP contribution is -2.48. The Morgan fingerprint density at radius 3 is 2.79 bits per heavy atom. The lowest BCUT2D eigenvalue weighted by Gasteiger charge is -2.33. The van der Waals surface area contributed by atoms with E-state index in [-0.39, 0.29) is 12.0 Å². The molecule has 0 saturated carbocycles. The molecule has 0 bridgehead atoms. The first-order valence-electron chi connectivity index (χ1n) is 9.51. The molecular formula is C19H26N4O4S. The molecule has 1 saturated heterocycles. The van der Waals surface area contributed by atoms with Crippen LogP contribution in [0.15, 0.2) is 28.1 Å². The van der Waals surface area contributed by atoms with Crippen molar-refractivity contribution in [3.05, 3.63) is 29.3 Å². The molecule has 8 nitrogen and oxygen atoms in total. The summed E-state index contributed by atoms with van der Waals surface area (Å²) in [6, 6.07) is 5.54. The van der Waals surface area contributed by atoms with Crippen LogP contribution >= 0.6 is 11.3 Å². The van der Waals surface area contributed by atoms with Crippen molar-refractivity contribution in [2.45, 2.75) is 19.3 Å². The fourth-order valence-electron chi connectivity index (χ4n) is 3.13. The predicted octanol–water partition coefficient (Wildman–Crippen LogP) is 2.69. The Morgan fingerprint density at radius 1 is 1.25 bits per heavy atom. The smallest absolute Gasteiger partial charge is 0.409 e. The van der Waals surface area contributed by atoms with Crippen molar-refractivity contribution in [3.63, 3.8) is 0 Å². The first kappa shape index (κ1) is 20.3. The van der Waals surface area contributed by atoms with E-state index in [1.807, 2.05) is 17.5 Å². The second kappa shape index (κ2) is 10.2. The molecule has 0 aliphatic carbocycles. The first-order valence-corrected chi connectivity index (χ1v) is 10.4. The topological polar surface area (TPSA) is 87.9 Å². The number of ether oxygens (including phenoxy) is 1. The van der Waals surface area contributed by atoms with Gasteiger partial charge in [-0.2, -0.15) is 0 Å². The van der Waals surface area contributed by atoms with Gasteiger partial charge >= 0.3 is 6.09 Å². The lowest BCUT2D eigenvalue weighted by molar-refractivity contribution is 0.0900. The molecule has 0 spiro atoms. The highest BCUT2D eigenvalue weighted by Gasteiger charge is 2.20. The van der Waals surface area contributed by atoms with Crippen molar-refractivity contribution < 1.29 is 18.8 Å². The summed E-state index contributed by atoms with van der Waals surface area (Å²) < 4.78 is 9.98. The highest BCUT2D eigenvalue weighted by atomic mass is 32.1. The minimum absolute atomic E-state index is 0.203. The number of hydrogen-bond acceptors (Lipinski definition) is 7. The molecule has 28 heavy (non-hydrogen) atoms. The van der Waals surface area contributed by atoms with Gasteiger partial charge in [0.2, 0.25) is 0 Å². The van der Waals surface area contributed by atoms with Crippen molar-refractivity contribution >= 4 is 23.3 Å². The van der Waals surface area contributed by atoms with Crippen LogP contribution in [0, 0.1) is 0 Å². The highest BCUT2D eigenvalue weighted by molar-refractivity contribution is 7.13. The maximum Gasteiger partial charge on any atom is 0.409 e.